The molecule has 0 amide bonds. The van der Waals surface area contributed by atoms with E-state index >= 15 is 0 Å². The van der Waals surface area contributed by atoms with Gasteiger partial charge in [0.15, 0.2) is 5.65 Å². The van der Waals surface area contributed by atoms with E-state index in [2.05, 4.69) is 54.8 Å². The summed E-state index contributed by atoms with van der Waals surface area (Å²) >= 11 is 0. The Labute approximate surface area is 190 Å². The lowest BCUT2D eigenvalue weighted by atomic mass is 10.2. The van der Waals surface area contributed by atoms with Crippen LogP contribution in [0.5, 0.6) is 0 Å². The molecule has 0 N–H and O–H groups in total. The smallest absolute Gasteiger partial charge is 0.177 e. The minimum atomic E-state index is 0.726. The van der Waals surface area contributed by atoms with Gasteiger partial charge in [-0.3, -0.25) is 19.1 Å². The molecule has 5 aromatic heterocycles. The van der Waals surface area contributed by atoms with Crippen LogP contribution in [0.15, 0.2) is 97.8 Å². The quantitative estimate of drug-likeness (QED) is 0.393. The number of pyridine rings is 3. The number of hydrogen-bond acceptors (Lipinski definition) is 5. The highest BCUT2D eigenvalue weighted by Gasteiger charge is 2.15. The third-order valence-corrected chi connectivity index (χ3v) is 5.53. The van der Waals surface area contributed by atoms with Gasteiger partial charge in [-0.05, 0) is 67.6 Å². The van der Waals surface area contributed by atoms with Crippen molar-refractivity contribution in [1.29, 1.82) is 0 Å². The molecule has 0 atom stereocenters. The van der Waals surface area contributed by atoms with E-state index in [9.17, 15) is 0 Å². The van der Waals surface area contributed by atoms with Gasteiger partial charge in [-0.25, -0.2) is 15.0 Å². The first-order chi connectivity index (χ1) is 16.3. The van der Waals surface area contributed by atoms with Gasteiger partial charge >= 0.3 is 0 Å². The Kier molecular flexibility index (Phi) is 4.51. The molecule has 0 spiro atoms. The van der Waals surface area contributed by atoms with E-state index in [0.717, 1.165) is 51.0 Å². The van der Waals surface area contributed by atoms with Crippen molar-refractivity contribution in [3.63, 3.8) is 0 Å². The van der Waals surface area contributed by atoms with Crippen LogP contribution in [0.1, 0.15) is 5.69 Å². The van der Waals surface area contributed by atoms with Crippen LogP contribution in [0.2, 0.25) is 0 Å². The second-order valence-corrected chi connectivity index (χ2v) is 7.70. The molecular weight excluding hydrogens is 410 g/mol. The van der Waals surface area contributed by atoms with Crippen molar-refractivity contribution in [1.82, 2.24) is 34.1 Å². The summed E-state index contributed by atoms with van der Waals surface area (Å²) in [7, 11) is 0. The Bertz CT molecular complexity index is 1550. The zero-order valence-electron chi connectivity index (χ0n) is 17.9. The number of rotatable bonds is 4. The number of aromatic nitrogens is 7. The predicted molar refractivity (Wildman–Crippen MR) is 127 cm³/mol. The molecule has 0 unspecified atom stereocenters. The van der Waals surface area contributed by atoms with Crippen molar-refractivity contribution >= 4 is 11.2 Å². The maximum Gasteiger partial charge on any atom is 0.177 e. The summed E-state index contributed by atoms with van der Waals surface area (Å²) in [6, 6.07) is 22.1. The summed E-state index contributed by atoms with van der Waals surface area (Å²) in [5.41, 5.74) is 7.24. The van der Waals surface area contributed by atoms with Gasteiger partial charge < -0.3 is 0 Å². The Balaban J connectivity index is 1.45. The second-order valence-electron chi connectivity index (χ2n) is 7.70. The number of nitrogens with zero attached hydrogens (tertiary/aromatic N) is 7. The highest BCUT2D eigenvalue weighted by atomic mass is 15.1. The van der Waals surface area contributed by atoms with Crippen LogP contribution in [0.4, 0.5) is 0 Å². The number of imidazole rings is 2. The third kappa shape index (κ3) is 3.45. The zero-order chi connectivity index (χ0) is 22.2. The van der Waals surface area contributed by atoms with E-state index in [1.165, 1.54) is 0 Å². The summed E-state index contributed by atoms with van der Waals surface area (Å²) in [4.78, 5) is 22.6. The number of hydrogen-bond donors (Lipinski definition) is 0. The Morgan fingerprint density at radius 2 is 1.52 bits per heavy atom. The summed E-state index contributed by atoms with van der Waals surface area (Å²) < 4.78 is 4.09. The molecule has 33 heavy (non-hydrogen) atoms. The molecule has 0 radical (unpaired) electrons. The molecule has 0 aliphatic carbocycles. The molecule has 0 saturated heterocycles. The normalized spacial score (nSPS) is 11.2. The standard InChI is InChI=1S/C26H19N7/c1-18-7-10-21(15-29-18)32-16-23(22-5-2-3-13-27-22)31-26(32)19-8-11-20(12-9-19)33-17-30-25-24(33)6-4-14-28-25/h2-17H,1H3. The maximum absolute atomic E-state index is 4.94. The molecule has 0 saturated carbocycles. The predicted octanol–water partition coefficient (Wildman–Crippen LogP) is 5.04. The van der Waals surface area contributed by atoms with Gasteiger partial charge in [-0.2, -0.15) is 0 Å². The first-order valence-electron chi connectivity index (χ1n) is 10.6. The second kappa shape index (κ2) is 7.80. The summed E-state index contributed by atoms with van der Waals surface area (Å²) in [6.07, 6.45) is 9.20. The fourth-order valence-corrected chi connectivity index (χ4v) is 3.85. The van der Waals surface area contributed by atoms with E-state index in [0.29, 0.717) is 0 Å². The topological polar surface area (TPSA) is 74.3 Å². The van der Waals surface area contributed by atoms with Gasteiger partial charge in [-0.1, -0.05) is 6.07 Å². The molecule has 158 valence electrons. The molecule has 1 aromatic carbocycles. The molecule has 5 heterocycles. The monoisotopic (exact) mass is 429 g/mol. The van der Waals surface area contributed by atoms with Crippen LogP contribution in [0.25, 0.3) is 45.3 Å². The van der Waals surface area contributed by atoms with Crippen molar-refractivity contribution < 1.29 is 0 Å². The van der Waals surface area contributed by atoms with Crippen molar-refractivity contribution in [3.8, 4) is 34.2 Å². The number of fused-ring (bicyclic) bond motifs is 1. The molecule has 7 nitrogen and oxygen atoms in total. The van der Waals surface area contributed by atoms with E-state index in [-0.39, 0.29) is 0 Å². The first-order valence-corrected chi connectivity index (χ1v) is 10.6. The van der Waals surface area contributed by atoms with Crippen molar-refractivity contribution in [3.05, 3.63) is 104 Å². The van der Waals surface area contributed by atoms with E-state index in [1.54, 1.807) is 18.7 Å². The lowest BCUT2D eigenvalue weighted by Crippen LogP contribution is -1.98. The largest absolute Gasteiger partial charge is 0.298 e. The highest BCUT2D eigenvalue weighted by Crippen LogP contribution is 2.28. The summed E-state index contributed by atoms with van der Waals surface area (Å²) in [5, 5.41) is 0. The minimum absolute atomic E-state index is 0.726. The highest BCUT2D eigenvalue weighted by molar-refractivity contribution is 5.73. The van der Waals surface area contributed by atoms with Gasteiger partial charge in [0.25, 0.3) is 0 Å². The van der Waals surface area contributed by atoms with Gasteiger partial charge in [0, 0.05) is 35.5 Å². The average molecular weight is 429 g/mol. The molecule has 6 aromatic rings. The van der Waals surface area contributed by atoms with Crippen LogP contribution >= 0.6 is 0 Å². The number of aryl methyl sites for hydroxylation is 1. The summed E-state index contributed by atoms with van der Waals surface area (Å²) in [5.74, 6) is 0.824. The van der Waals surface area contributed by atoms with Crippen molar-refractivity contribution in [2.45, 2.75) is 6.92 Å². The summed E-state index contributed by atoms with van der Waals surface area (Å²) in [6.45, 7) is 1.98. The fraction of sp³-hybridized carbons (Fsp3) is 0.0385. The first kappa shape index (κ1) is 19.1. The van der Waals surface area contributed by atoms with E-state index in [1.807, 2.05) is 60.3 Å². The Hall–Kier alpha value is -4.65. The minimum Gasteiger partial charge on any atom is -0.298 e. The van der Waals surface area contributed by atoms with Crippen LogP contribution in [-0.2, 0) is 0 Å². The van der Waals surface area contributed by atoms with Gasteiger partial charge in [-0.15, -0.1) is 0 Å². The molecule has 0 aliphatic heterocycles. The van der Waals surface area contributed by atoms with Gasteiger partial charge in [0.05, 0.1) is 23.1 Å². The Morgan fingerprint density at radius 1 is 0.667 bits per heavy atom. The fourth-order valence-electron chi connectivity index (χ4n) is 3.85. The zero-order valence-corrected chi connectivity index (χ0v) is 17.9. The molecule has 0 fully saturated rings. The molecule has 7 heteroatoms. The third-order valence-electron chi connectivity index (χ3n) is 5.53. The molecule has 6 rings (SSSR count). The Morgan fingerprint density at radius 3 is 2.30 bits per heavy atom. The van der Waals surface area contributed by atoms with Gasteiger partial charge in [0.1, 0.15) is 17.8 Å². The molecule has 0 bridgehead atoms. The lowest BCUT2D eigenvalue weighted by molar-refractivity contribution is 1.03. The average Bonchev–Trinajstić information content (AvgIpc) is 3.50. The lowest BCUT2D eigenvalue weighted by Gasteiger charge is -2.09. The van der Waals surface area contributed by atoms with E-state index < -0.39 is 0 Å². The van der Waals surface area contributed by atoms with E-state index in [4.69, 9.17) is 4.98 Å². The van der Waals surface area contributed by atoms with Crippen LogP contribution in [0, 0.1) is 6.92 Å². The van der Waals surface area contributed by atoms with Crippen LogP contribution in [-0.4, -0.2) is 34.1 Å². The molecular formula is C26H19N7. The van der Waals surface area contributed by atoms with Crippen molar-refractivity contribution in [2.75, 3.05) is 0 Å². The van der Waals surface area contributed by atoms with Gasteiger partial charge in [0.2, 0.25) is 0 Å². The SMILES string of the molecule is Cc1ccc(-n2cc(-c3ccccn3)nc2-c2ccc(-n3cnc4ncccc43)cc2)cn1. The number of benzene rings is 1. The van der Waals surface area contributed by atoms with Crippen LogP contribution < -0.4 is 0 Å². The van der Waals surface area contributed by atoms with Crippen molar-refractivity contribution in [2.24, 2.45) is 0 Å². The molecule has 0 aliphatic rings. The maximum atomic E-state index is 4.94. The van der Waals surface area contributed by atoms with Crippen LogP contribution in [0.3, 0.4) is 0 Å².